The van der Waals surface area contributed by atoms with Crippen LogP contribution in [0.25, 0.3) is 5.82 Å². The number of nitrogens with one attached hydrogen (secondary N) is 1. The van der Waals surface area contributed by atoms with Gasteiger partial charge >= 0.3 is 11.9 Å². The highest BCUT2D eigenvalue weighted by Gasteiger charge is 2.39. The third-order valence-electron chi connectivity index (χ3n) is 4.92. The number of alkyl halides is 3. The molecule has 1 amide bonds. The molecule has 3 heterocycles. The number of aliphatic hydroxyl groups is 1. The van der Waals surface area contributed by atoms with Gasteiger partial charge in [-0.2, -0.15) is 32.8 Å². The molecule has 0 saturated heterocycles. The number of methoxy groups -OCH3 is 2. The number of anilines is 1. The number of carbonyl (C=O) groups is 1. The first kappa shape index (κ1) is 27.3. The molecule has 1 atom stereocenters. The molecule has 0 aliphatic rings. The maximum atomic E-state index is 15.1. The molecule has 0 aliphatic heterocycles. The van der Waals surface area contributed by atoms with E-state index in [9.17, 15) is 27.9 Å². The minimum Gasteiger partial charge on any atom is -0.479 e. The number of aromatic nitrogens is 6. The summed E-state index contributed by atoms with van der Waals surface area (Å²) >= 11 is 0. The first-order valence-corrected chi connectivity index (χ1v) is 10.4. The number of amides is 1. The summed E-state index contributed by atoms with van der Waals surface area (Å²) in [4.78, 5) is 37.0. The molecular weight excluding hydrogens is 510 g/mol. The maximum Gasteiger partial charge on any atom is 0.425 e. The summed E-state index contributed by atoms with van der Waals surface area (Å²) in [6, 6.07) is 0.523. The Bertz CT molecular complexity index is 1340. The van der Waals surface area contributed by atoms with Gasteiger partial charge in [-0.1, -0.05) is 0 Å². The van der Waals surface area contributed by atoms with Crippen molar-refractivity contribution in [2.24, 2.45) is 0 Å². The molecule has 3 aromatic heterocycles. The highest BCUT2D eigenvalue weighted by molar-refractivity contribution is 6.07. The Kier molecular flexibility index (Phi) is 7.95. The highest BCUT2D eigenvalue weighted by atomic mass is 19.4. The summed E-state index contributed by atoms with van der Waals surface area (Å²) in [5, 5.41) is 15.5. The van der Waals surface area contributed by atoms with Gasteiger partial charge in [0.1, 0.15) is 18.5 Å². The molecule has 17 heteroatoms. The number of hydrogen-bond donors (Lipinski definition) is 2. The number of aliphatic hydroxyl groups excluding tert-OH is 1. The Hall–Kier alpha value is -4.28. The van der Waals surface area contributed by atoms with Crippen LogP contribution in [0.1, 0.15) is 30.0 Å². The number of rotatable bonds is 9. The number of carbonyl (C=O) groups excluding carboxylic acids is 1. The standard InChI is InChI=1S/C20H21F4N7O6/c1-5-30-12(7-32)29-31(19(30)34)14-11(21)6-10(16(28-14)37-9(2)20(22,23)24)15(33)27-13-17(35-3)25-8-26-18(13)36-4/h6,8-9,32H,5,7H2,1-4H3,(H,27,33)/t9-/m0/s1. The van der Waals surface area contributed by atoms with Crippen molar-refractivity contribution in [2.45, 2.75) is 39.3 Å². The molecule has 3 aromatic rings. The first-order chi connectivity index (χ1) is 17.5. The minimum atomic E-state index is -4.88. The Morgan fingerprint density at radius 1 is 1.19 bits per heavy atom. The van der Waals surface area contributed by atoms with E-state index in [1.807, 2.05) is 0 Å². The van der Waals surface area contributed by atoms with Crippen LogP contribution in [-0.2, 0) is 13.2 Å². The summed E-state index contributed by atoms with van der Waals surface area (Å²) in [7, 11) is 2.45. The van der Waals surface area contributed by atoms with Gasteiger partial charge < -0.3 is 24.6 Å². The quantitative estimate of drug-likeness (QED) is 0.388. The van der Waals surface area contributed by atoms with Crippen LogP contribution in [0.15, 0.2) is 17.2 Å². The van der Waals surface area contributed by atoms with E-state index in [4.69, 9.17) is 14.2 Å². The van der Waals surface area contributed by atoms with Crippen molar-refractivity contribution in [3.63, 3.8) is 0 Å². The molecule has 2 N–H and O–H groups in total. The Labute approximate surface area is 205 Å². The molecule has 3 rings (SSSR count). The molecule has 0 aliphatic carbocycles. The van der Waals surface area contributed by atoms with Gasteiger partial charge in [-0.05, 0) is 19.9 Å². The average molecular weight is 531 g/mol. The van der Waals surface area contributed by atoms with Crippen LogP contribution in [0.3, 0.4) is 0 Å². The van der Waals surface area contributed by atoms with Crippen molar-refractivity contribution >= 4 is 11.6 Å². The van der Waals surface area contributed by atoms with Gasteiger partial charge in [-0.25, -0.2) is 9.18 Å². The van der Waals surface area contributed by atoms with Gasteiger partial charge in [0.15, 0.2) is 29.3 Å². The van der Waals surface area contributed by atoms with Crippen molar-refractivity contribution in [1.82, 2.24) is 29.3 Å². The van der Waals surface area contributed by atoms with Crippen LogP contribution in [0, 0.1) is 5.82 Å². The van der Waals surface area contributed by atoms with Gasteiger partial charge in [-0.15, -0.1) is 5.10 Å². The van der Waals surface area contributed by atoms with E-state index in [-0.39, 0.29) is 29.8 Å². The zero-order valence-electron chi connectivity index (χ0n) is 19.8. The SMILES string of the molecule is CCn1c(CO)nn(-c2nc(O[C@@H](C)C(F)(F)F)c(C(=O)Nc3c(OC)ncnc3OC)cc2F)c1=O. The summed E-state index contributed by atoms with van der Waals surface area (Å²) < 4.78 is 71.3. The van der Waals surface area contributed by atoms with E-state index in [0.717, 1.165) is 10.9 Å². The predicted octanol–water partition coefficient (Wildman–Crippen LogP) is 1.47. The molecule has 13 nitrogen and oxygen atoms in total. The zero-order valence-corrected chi connectivity index (χ0v) is 19.8. The number of pyridine rings is 1. The number of ether oxygens (including phenoxy) is 3. The van der Waals surface area contributed by atoms with Crippen LogP contribution in [-0.4, -0.2) is 66.8 Å². The molecule has 0 radical (unpaired) electrons. The molecule has 0 saturated carbocycles. The molecule has 0 unspecified atom stereocenters. The molecule has 0 fully saturated rings. The summed E-state index contributed by atoms with van der Waals surface area (Å²) in [6.45, 7) is 1.56. The van der Waals surface area contributed by atoms with Crippen LogP contribution in [0.5, 0.6) is 17.6 Å². The van der Waals surface area contributed by atoms with E-state index in [2.05, 4.69) is 25.4 Å². The van der Waals surface area contributed by atoms with Gasteiger partial charge in [0.2, 0.25) is 17.6 Å². The summed E-state index contributed by atoms with van der Waals surface area (Å²) in [5.41, 5.74) is -1.90. The molecule has 0 aromatic carbocycles. The van der Waals surface area contributed by atoms with Crippen LogP contribution in [0.2, 0.25) is 0 Å². The second-order valence-corrected chi connectivity index (χ2v) is 7.18. The maximum absolute atomic E-state index is 15.1. The molecule has 0 bridgehead atoms. The smallest absolute Gasteiger partial charge is 0.425 e. The second-order valence-electron chi connectivity index (χ2n) is 7.18. The molecular formula is C20H21F4N7O6. The second kappa shape index (κ2) is 10.8. The van der Waals surface area contributed by atoms with Gasteiger partial charge in [0.05, 0.1) is 14.2 Å². The molecule has 37 heavy (non-hydrogen) atoms. The lowest BCUT2D eigenvalue weighted by molar-refractivity contribution is -0.190. The lowest BCUT2D eigenvalue weighted by Gasteiger charge is -2.19. The van der Waals surface area contributed by atoms with Crippen LogP contribution < -0.4 is 25.2 Å². The van der Waals surface area contributed by atoms with Crippen LogP contribution in [0.4, 0.5) is 23.2 Å². The van der Waals surface area contributed by atoms with Crippen molar-refractivity contribution in [2.75, 3.05) is 19.5 Å². The summed E-state index contributed by atoms with van der Waals surface area (Å²) in [6.07, 6.45) is -6.29. The van der Waals surface area contributed by atoms with E-state index >= 15 is 4.39 Å². The monoisotopic (exact) mass is 531 g/mol. The van der Waals surface area contributed by atoms with E-state index in [0.29, 0.717) is 17.7 Å². The molecule has 0 spiro atoms. The fourth-order valence-electron chi connectivity index (χ4n) is 3.06. The lowest BCUT2D eigenvalue weighted by atomic mass is 10.2. The third-order valence-corrected chi connectivity index (χ3v) is 4.92. The van der Waals surface area contributed by atoms with Gasteiger partial charge in [0.25, 0.3) is 5.91 Å². The lowest BCUT2D eigenvalue weighted by Crippen LogP contribution is -2.33. The topological polar surface area (TPSA) is 156 Å². The normalized spacial score (nSPS) is 12.2. The fraction of sp³-hybridized carbons (Fsp3) is 0.400. The predicted molar refractivity (Wildman–Crippen MR) is 116 cm³/mol. The Morgan fingerprint density at radius 2 is 1.81 bits per heavy atom. The molecule has 200 valence electrons. The van der Waals surface area contributed by atoms with Crippen molar-refractivity contribution in [3.8, 4) is 23.5 Å². The number of hydrogen-bond acceptors (Lipinski definition) is 10. The third kappa shape index (κ3) is 5.45. The van der Waals surface area contributed by atoms with Crippen molar-refractivity contribution in [3.05, 3.63) is 40.1 Å². The highest BCUT2D eigenvalue weighted by Crippen LogP contribution is 2.32. The average Bonchev–Trinajstić information content (AvgIpc) is 3.19. The minimum absolute atomic E-state index is 0.0497. The Balaban J connectivity index is 2.17. The summed E-state index contributed by atoms with van der Waals surface area (Å²) in [5.74, 6) is -4.77. The van der Waals surface area contributed by atoms with E-state index < -0.39 is 53.6 Å². The zero-order chi connectivity index (χ0) is 27.5. The van der Waals surface area contributed by atoms with Crippen molar-refractivity contribution < 1.29 is 41.7 Å². The number of nitrogens with zero attached hydrogens (tertiary/aromatic N) is 6. The van der Waals surface area contributed by atoms with Crippen LogP contribution >= 0.6 is 0 Å². The number of halogens is 4. The largest absolute Gasteiger partial charge is 0.479 e. The van der Waals surface area contributed by atoms with Gasteiger partial charge in [0, 0.05) is 6.54 Å². The fourth-order valence-corrected chi connectivity index (χ4v) is 3.06. The Morgan fingerprint density at radius 3 is 2.30 bits per heavy atom. The van der Waals surface area contributed by atoms with Crippen molar-refractivity contribution in [1.29, 1.82) is 0 Å². The van der Waals surface area contributed by atoms with E-state index in [1.165, 1.54) is 14.2 Å². The first-order valence-electron chi connectivity index (χ1n) is 10.4. The van der Waals surface area contributed by atoms with Gasteiger partial charge in [-0.3, -0.25) is 9.36 Å². The van der Waals surface area contributed by atoms with E-state index in [1.54, 1.807) is 6.92 Å².